The van der Waals surface area contributed by atoms with Gasteiger partial charge in [-0.15, -0.1) is 0 Å². The molecule has 2 aliphatic rings. The van der Waals surface area contributed by atoms with Crippen molar-refractivity contribution in [2.24, 2.45) is 0 Å². The number of likely N-dealkylation sites (tertiary alicyclic amines) is 1. The van der Waals surface area contributed by atoms with Crippen LogP contribution in [-0.4, -0.2) is 66.5 Å². The highest BCUT2D eigenvalue weighted by Crippen LogP contribution is 2.31. The predicted octanol–water partition coefficient (Wildman–Crippen LogP) is 0.924. The van der Waals surface area contributed by atoms with Gasteiger partial charge in [0.15, 0.2) is 5.65 Å². The first-order chi connectivity index (χ1) is 12.3. The van der Waals surface area contributed by atoms with E-state index in [0.29, 0.717) is 17.6 Å². The van der Waals surface area contributed by atoms with Gasteiger partial charge in [-0.25, -0.2) is 15.0 Å². The van der Waals surface area contributed by atoms with Crippen LogP contribution in [0.15, 0.2) is 18.9 Å². The Hall–Kier alpha value is -2.03. The lowest BCUT2D eigenvalue weighted by molar-refractivity contribution is -0.0432. The predicted molar refractivity (Wildman–Crippen MR) is 91.4 cm³/mol. The van der Waals surface area contributed by atoms with Gasteiger partial charge in [-0.3, -0.25) is 4.57 Å². The van der Waals surface area contributed by atoms with Crippen LogP contribution in [-0.2, 0) is 4.74 Å². The van der Waals surface area contributed by atoms with Crippen molar-refractivity contribution in [2.45, 2.75) is 44.1 Å². The van der Waals surface area contributed by atoms with E-state index in [9.17, 15) is 10.2 Å². The first kappa shape index (κ1) is 16.4. The number of hydrogen-bond donors (Lipinski definition) is 2. The lowest BCUT2D eigenvalue weighted by Crippen LogP contribution is -2.24. The molecule has 2 aromatic rings. The van der Waals surface area contributed by atoms with Crippen LogP contribution < -0.4 is 0 Å². The van der Waals surface area contributed by atoms with Crippen LogP contribution in [0.4, 0.5) is 0 Å². The molecule has 0 radical (unpaired) electrons. The topological polar surface area (TPSA) is 96.5 Å². The van der Waals surface area contributed by atoms with Crippen LogP contribution in [0, 0.1) is 0 Å². The lowest BCUT2D eigenvalue weighted by Gasteiger charge is -2.24. The second kappa shape index (κ2) is 7.07. The fourth-order valence-electron chi connectivity index (χ4n) is 3.50. The zero-order valence-corrected chi connectivity index (χ0v) is 14.0. The Balaban J connectivity index is 1.59. The van der Waals surface area contributed by atoms with E-state index < -0.39 is 12.2 Å². The van der Waals surface area contributed by atoms with Crippen molar-refractivity contribution in [2.75, 3.05) is 19.7 Å². The normalized spacial score (nSPS) is 27.6. The average molecular weight is 345 g/mol. The molecule has 134 valence electrons. The van der Waals surface area contributed by atoms with E-state index in [2.05, 4.69) is 26.1 Å². The van der Waals surface area contributed by atoms with E-state index in [4.69, 9.17) is 4.74 Å². The van der Waals surface area contributed by atoms with Gasteiger partial charge in [0.05, 0.1) is 24.7 Å². The molecule has 0 spiro atoms. The number of aliphatic hydroxyl groups is 2. The molecule has 0 unspecified atom stereocenters. The highest BCUT2D eigenvalue weighted by atomic mass is 16.5. The summed E-state index contributed by atoms with van der Waals surface area (Å²) in [5.41, 5.74) is 2.15. The summed E-state index contributed by atoms with van der Waals surface area (Å²) in [5.74, 6) is 0. The summed E-state index contributed by atoms with van der Waals surface area (Å²) in [4.78, 5) is 15.4. The molecule has 2 saturated heterocycles. The van der Waals surface area contributed by atoms with Crippen LogP contribution in [0.3, 0.4) is 0 Å². The fraction of sp³-hybridized carbons (Fsp3) is 0.588. The van der Waals surface area contributed by atoms with Gasteiger partial charge in [-0.1, -0.05) is 0 Å². The maximum Gasteiger partial charge on any atom is 0.165 e. The van der Waals surface area contributed by atoms with Crippen molar-refractivity contribution in [3.8, 4) is 0 Å². The zero-order valence-electron chi connectivity index (χ0n) is 14.0. The number of ether oxygens (including phenoxy) is 1. The number of imidazole rings is 1. The smallest absolute Gasteiger partial charge is 0.165 e. The molecule has 2 fully saturated rings. The Morgan fingerprint density at radius 2 is 2.04 bits per heavy atom. The molecule has 2 aliphatic heterocycles. The van der Waals surface area contributed by atoms with Crippen molar-refractivity contribution < 1.29 is 14.9 Å². The molecule has 0 aromatic carbocycles. The number of fused-ring (bicyclic) bond motifs is 1. The van der Waals surface area contributed by atoms with Crippen LogP contribution >= 0.6 is 0 Å². The standard InChI is InChI=1S/C17H23N5O3/c23-9-14-13(24)8-15(25-14)22-11-20-16-12(18-10-19-17(16)22)4-7-21-5-2-1-3-6-21/h4,7,10-11,13-15,23-24H,1-3,5-6,8-9H2/b7-4+/t13-,14+,15+/m0/s1. The monoisotopic (exact) mass is 345 g/mol. The van der Waals surface area contributed by atoms with Crippen LogP contribution in [0.1, 0.15) is 37.6 Å². The molecule has 0 amide bonds. The Bertz CT molecular complexity index is 756. The van der Waals surface area contributed by atoms with Crippen LogP contribution in [0.2, 0.25) is 0 Å². The third-order valence-electron chi connectivity index (χ3n) is 4.92. The van der Waals surface area contributed by atoms with E-state index in [1.54, 1.807) is 10.9 Å². The number of nitrogens with zero attached hydrogens (tertiary/aromatic N) is 5. The maximum atomic E-state index is 9.95. The van der Waals surface area contributed by atoms with Crippen LogP contribution in [0.25, 0.3) is 17.2 Å². The minimum atomic E-state index is -0.687. The molecule has 3 atom stereocenters. The SMILES string of the molecule is OC[C@H]1O[C@@H](n2cnc3c(/C=C/N4CCCCC4)ncnc32)C[C@@H]1O. The highest BCUT2D eigenvalue weighted by Gasteiger charge is 2.35. The van der Waals surface area contributed by atoms with Gasteiger partial charge in [0.1, 0.15) is 24.2 Å². The summed E-state index contributed by atoms with van der Waals surface area (Å²) >= 11 is 0. The summed E-state index contributed by atoms with van der Waals surface area (Å²) in [5, 5.41) is 19.2. The van der Waals surface area contributed by atoms with Gasteiger partial charge in [-0.05, 0) is 25.3 Å². The quantitative estimate of drug-likeness (QED) is 0.850. The number of rotatable bonds is 4. The number of aliphatic hydroxyl groups excluding tert-OH is 2. The second-order valence-electron chi connectivity index (χ2n) is 6.61. The minimum absolute atomic E-state index is 0.205. The molecule has 8 heteroatoms. The zero-order chi connectivity index (χ0) is 17.2. The van der Waals surface area contributed by atoms with Gasteiger partial charge in [0.25, 0.3) is 0 Å². The molecule has 4 rings (SSSR count). The highest BCUT2D eigenvalue weighted by molar-refractivity contribution is 5.79. The summed E-state index contributed by atoms with van der Waals surface area (Å²) in [7, 11) is 0. The first-order valence-electron chi connectivity index (χ1n) is 8.80. The van der Waals surface area contributed by atoms with Crippen molar-refractivity contribution in [1.29, 1.82) is 0 Å². The third-order valence-corrected chi connectivity index (χ3v) is 4.92. The molecule has 0 saturated carbocycles. The molecule has 2 N–H and O–H groups in total. The van der Waals surface area contributed by atoms with Crippen molar-refractivity contribution in [3.63, 3.8) is 0 Å². The molecule has 0 bridgehead atoms. The fourth-order valence-corrected chi connectivity index (χ4v) is 3.50. The van der Waals surface area contributed by atoms with Crippen molar-refractivity contribution in [1.82, 2.24) is 24.4 Å². The van der Waals surface area contributed by atoms with E-state index in [-0.39, 0.29) is 12.8 Å². The van der Waals surface area contributed by atoms with Gasteiger partial charge in [-0.2, -0.15) is 0 Å². The Kier molecular flexibility index (Phi) is 4.65. The largest absolute Gasteiger partial charge is 0.394 e. The van der Waals surface area contributed by atoms with Gasteiger partial charge in [0.2, 0.25) is 0 Å². The average Bonchev–Trinajstić information content (AvgIpc) is 3.24. The second-order valence-corrected chi connectivity index (χ2v) is 6.61. The molecule has 25 heavy (non-hydrogen) atoms. The van der Waals surface area contributed by atoms with Gasteiger partial charge < -0.3 is 19.8 Å². The Morgan fingerprint density at radius 1 is 1.20 bits per heavy atom. The molecular weight excluding hydrogens is 322 g/mol. The van der Waals surface area contributed by atoms with E-state index in [0.717, 1.165) is 18.8 Å². The maximum absolute atomic E-state index is 9.95. The van der Waals surface area contributed by atoms with Crippen LogP contribution in [0.5, 0.6) is 0 Å². The first-order valence-corrected chi connectivity index (χ1v) is 8.80. The molecule has 8 nitrogen and oxygen atoms in total. The summed E-state index contributed by atoms with van der Waals surface area (Å²) < 4.78 is 7.51. The van der Waals surface area contributed by atoms with E-state index in [1.807, 2.05) is 6.08 Å². The number of aromatic nitrogens is 4. The Labute approximate surface area is 145 Å². The number of piperidine rings is 1. The molecule has 0 aliphatic carbocycles. The third kappa shape index (κ3) is 3.24. The van der Waals surface area contributed by atoms with E-state index in [1.165, 1.54) is 25.6 Å². The van der Waals surface area contributed by atoms with Crippen molar-refractivity contribution >= 4 is 17.2 Å². The lowest BCUT2D eigenvalue weighted by atomic mass is 10.1. The van der Waals surface area contributed by atoms with Gasteiger partial charge in [0, 0.05) is 25.7 Å². The summed E-state index contributed by atoms with van der Waals surface area (Å²) in [6.07, 6.45) is 9.76. The Morgan fingerprint density at radius 3 is 2.80 bits per heavy atom. The summed E-state index contributed by atoms with van der Waals surface area (Å²) in [6, 6.07) is 0. The minimum Gasteiger partial charge on any atom is -0.394 e. The molecule has 4 heterocycles. The molecule has 2 aromatic heterocycles. The van der Waals surface area contributed by atoms with Gasteiger partial charge >= 0.3 is 0 Å². The van der Waals surface area contributed by atoms with E-state index >= 15 is 0 Å². The number of hydrogen-bond acceptors (Lipinski definition) is 7. The van der Waals surface area contributed by atoms with Crippen molar-refractivity contribution in [3.05, 3.63) is 24.5 Å². The summed E-state index contributed by atoms with van der Waals surface area (Å²) in [6.45, 7) is 1.95. The molecular formula is C17H23N5O3.